The van der Waals surface area contributed by atoms with Gasteiger partial charge in [-0.05, 0) is 74.7 Å². The Kier molecular flexibility index (Phi) is 28.2. The van der Waals surface area contributed by atoms with Gasteiger partial charge in [0.05, 0.1) is 92.5 Å². The van der Waals surface area contributed by atoms with Crippen LogP contribution < -0.4 is 4.74 Å². The van der Waals surface area contributed by atoms with Gasteiger partial charge in [0.25, 0.3) is 0 Å². The van der Waals surface area contributed by atoms with E-state index in [4.69, 9.17) is 75.8 Å². The molecule has 10 aromatic carbocycles. The Morgan fingerprint density at radius 3 is 0.781 bits per heavy atom. The molecule has 0 N–H and O–H groups in total. The van der Waals surface area contributed by atoms with Crippen LogP contribution in [0, 0.1) is 0 Å². The monoisotopic (exact) mass is 1420 g/mol. The number of benzene rings is 10. The molecule has 16 heteroatoms. The van der Waals surface area contributed by atoms with Crippen LogP contribution in [0.1, 0.15) is 62.6 Å². The standard InChI is InChI=1S/C89H94O16/c1-64-78(93-60-74-48-50-75(90-2)51-49-74)81(94-54-67-34-16-5-17-35-67)85(98-58-71-42-24-9-25-43-71)88(101-64)104-80-77(63-92-53-66-32-14-4-15-33-66)103-89(86(99-59-72-44-26-10-27-45-72)83(80)96-56-69-38-20-7-21-39-69)105-79-76(62-91-52-65-30-12-3-13-31-65)102-87(100-61-73-46-28-11-29-47-73)84(97-57-70-40-22-8-23-41-70)82(79)95-55-68-36-18-6-19-37-68/h3-51,64,76-89H,52-63H2,1-2H3/t64-,76-,77-,78+,79-,80-,81+,82+,83+,84-,85-,86-,87-,88-,89-/m1/s1. The lowest BCUT2D eigenvalue weighted by molar-refractivity contribution is -0.394. The van der Waals surface area contributed by atoms with Crippen LogP contribution in [0.25, 0.3) is 0 Å². The van der Waals surface area contributed by atoms with Gasteiger partial charge in [0, 0.05) is 0 Å². The van der Waals surface area contributed by atoms with Crippen molar-refractivity contribution in [2.24, 2.45) is 0 Å². The Balaban J connectivity index is 0.923. The van der Waals surface area contributed by atoms with E-state index in [0.717, 1.165) is 61.4 Å². The molecule has 105 heavy (non-hydrogen) atoms. The average molecular weight is 1420 g/mol. The normalized spacial score (nSPS) is 24.6. The van der Waals surface area contributed by atoms with Crippen LogP contribution in [0.3, 0.4) is 0 Å². The summed E-state index contributed by atoms with van der Waals surface area (Å²) in [4.78, 5) is 0. The van der Waals surface area contributed by atoms with E-state index in [9.17, 15) is 0 Å². The minimum Gasteiger partial charge on any atom is -0.497 e. The first-order valence-electron chi connectivity index (χ1n) is 36.3. The second-order valence-corrected chi connectivity index (χ2v) is 26.5. The molecule has 0 amide bonds. The molecule has 3 aliphatic rings. The zero-order valence-electron chi connectivity index (χ0n) is 59.5. The Morgan fingerprint density at radius 2 is 0.467 bits per heavy atom. The minimum atomic E-state index is -1.28. The summed E-state index contributed by atoms with van der Waals surface area (Å²) in [5.41, 5.74) is 9.38. The summed E-state index contributed by atoms with van der Waals surface area (Å²) in [5.74, 6) is 0.739. The van der Waals surface area contributed by atoms with Crippen LogP contribution in [-0.4, -0.2) is 112 Å². The highest BCUT2D eigenvalue weighted by Crippen LogP contribution is 2.40. The van der Waals surface area contributed by atoms with Crippen LogP contribution in [0.4, 0.5) is 0 Å². The van der Waals surface area contributed by atoms with Crippen LogP contribution in [0.15, 0.2) is 297 Å². The number of rotatable bonds is 37. The fourth-order valence-electron chi connectivity index (χ4n) is 13.3. The quantitative estimate of drug-likeness (QED) is 0.0363. The largest absolute Gasteiger partial charge is 0.497 e. The molecule has 0 spiro atoms. The third-order valence-electron chi connectivity index (χ3n) is 18.8. The molecule has 3 fully saturated rings. The molecule has 3 aliphatic heterocycles. The molecule has 0 aliphatic carbocycles. The first-order valence-corrected chi connectivity index (χ1v) is 36.3. The first kappa shape index (κ1) is 74.7. The molecule has 0 bridgehead atoms. The van der Waals surface area contributed by atoms with Gasteiger partial charge in [-0.2, -0.15) is 0 Å². The predicted molar refractivity (Wildman–Crippen MR) is 397 cm³/mol. The summed E-state index contributed by atoms with van der Waals surface area (Å²) < 4.78 is 115. The minimum absolute atomic E-state index is 0.0215. The Morgan fingerprint density at radius 1 is 0.229 bits per heavy atom. The summed E-state index contributed by atoms with van der Waals surface area (Å²) in [7, 11) is 1.65. The molecular formula is C89H94O16. The molecule has 16 nitrogen and oxygen atoms in total. The van der Waals surface area contributed by atoms with Gasteiger partial charge in [-0.15, -0.1) is 0 Å². The first-order chi connectivity index (χ1) is 51.9. The zero-order valence-corrected chi connectivity index (χ0v) is 59.5. The van der Waals surface area contributed by atoms with Crippen molar-refractivity contribution in [3.63, 3.8) is 0 Å². The van der Waals surface area contributed by atoms with Crippen LogP contribution in [-0.2, 0) is 137 Å². The van der Waals surface area contributed by atoms with E-state index in [2.05, 4.69) is 0 Å². The maximum atomic E-state index is 7.86. The van der Waals surface area contributed by atoms with Crippen molar-refractivity contribution in [1.29, 1.82) is 0 Å². The molecule has 546 valence electrons. The molecule has 0 saturated carbocycles. The third kappa shape index (κ3) is 21.8. The molecule has 0 aromatic heterocycles. The third-order valence-corrected chi connectivity index (χ3v) is 18.8. The van der Waals surface area contributed by atoms with E-state index < -0.39 is 92.1 Å². The van der Waals surface area contributed by atoms with Crippen molar-refractivity contribution in [3.05, 3.63) is 353 Å². The number of methoxy groups -OCH3 is 1. The van der Waals surface area contributed by atoms with E-state index in [1.165, 1.54) is 0 Å². The molecular weight excluding hydrogens is 1320 g/mol. The molecule has 15 atom stereocenters. The van der Waals surface area contributed by atoms with Gasteiger partial charge in [-0.25, -0.2) is 0 Å². The lowest BCUT2D eigenvalue weighted by Gasteiger charge is -2.51. The van der Waals surface area contributed by atoms with Crippen LogP contribution >= 0.6 is 0 Å². The fraction of sp³-hybridized carbons (Fsp3) is 0.326. The Labute approximate surface area is 616 Å². The SMILES string of the molecule is COc1ccc(CO[C@@H]2[C@H](OCc3ccccc3)[C@@H](OCc3ccccc3)[C@@H](O[C@H]3[C@H](OCc4ccccc4)[C@@H](OCc4ccccc4)[C@@H](O[C@H]4[C@H](OCc5ccccc5)[C@@H](OCc5ccccc5)[C@H](OCc5ccccc5)O[C@@H]4COCc4ccccc4)O[C@@H]3COCc3ccccc3)O[C@@H]2C)cc1. The van der Waals surface area contributed by atoms with Crippen molar-refractivity contribution < 1.29 is 75.8 Å². The summed E-state index contributed by atoms with van der Waals surface area (Å²) in [6.45, 7) is 3.96. The maximum Gasteiger partial charge on any atom is 0.187 e. The molecule has 10 aromatic rings. The van der Waals surface area contributed by atoms with E-state index in [-0.39, 0.29) is 79.3 Å². The van der Waals surface area contributed by atoms with Crippen molar-refractivity contribution in [2.45, 2.75) is 165 Å². The number of hydrogen-bond donors (Lipinski definition) is 0. The second-order valence-electron chi connectivity index (χ2n) is 26.5. The number of ether oxygens (including phenoxy) is 16. The lowest BCUT2D eigenvalue weighted by Crippen LogP contribution is -2.68. The Bertz CT molecular complexity index is 4010. The predicted octanol–water partition coefficient (Wildman–Crippen LogP) is 15.7. The van der Waals surface area contributed by atoms with Gasteiger partial charge in [0.1, 0.15) is 72.9 Å². The van der Waals surface area contributed by atoms with E-state index in [1.807, 2.05) is 304 Å². The van der Waals surface area contributed by atoms with Crippen molar-refractivity contribution in [2.75, 3.05) is 20.3 Å². The molecule has 13 rings (SSSR count). The van der Waals surface area contributed by atoms with Gasteiger partial charge >= 0.3 is 0 Å². The van der Waals surface area contributed by atoms with Gasteiger partial charge in [0.15, 0.2) is 18.9 Å². The summed E-state index contributed by atoms with van der Waals surface area (Å²) in [6, 6.07) is 98.1. The lowest BCUT2D eigenvalue weighted by atomic mass is 9.95. The summed E-state index contributed by atoms with van der Waals surface area (Å²) >= 11 is 0. The van der Waals surface area contributed by atoms with E-state index in [1.54, 1.807) is 7.11 Å². The second kappa shape index (κ2) is 39.7. The summed E-state index contributed by atoms with van der Waals surface area (Å²) in [6.07, 6.45) is -14.3. The van der Waals surface area contributed by atoms with Gasteiger partial charge < -0.3 is 75.8 Å². The molecule has 3 saturated heterocycles. The number of hydrogen-bond acceptors (Lipinski definition) is 16. The highest BCUT2D eigenvalue weighted by molar-refractivity contribution is 5.27. The highest BCUT2D eigenvalue weighted by atomic mass is 16.8. The van der Waals surface area contributed by atoms with Crippen LogP contribution in [0.2, 0.25) is 0 Å². The maximum absolute atomic E-state index is 7.86. The average Bonchev–Trinajstić information content (AvgIpc) is 0.764. The van der Waals surface area contributed by atoms with Crippen LogP contribution in [0.5, 0.6) is 5.75 Å². The zero-order chi connectivity index (χ0) is 71.5. The van der Waals surface area contributed by atoms with Crippen molar-refractivity contribution in [3.8, 4) is 5.75 Å². The van der Waals surface area contributed by atoms with Crippen molar-refractivity contribution >= 4 is 0 Å². The van der Waals surface area contributed by atoms with Gasteiger partial charge in [-0.1, -0.05) is 285 Å². The van der Waals surface area contributed by atoms with E-state index >= 15 is 0 Å². The smallest absolute Gasteiger partial charge is 0.187 e. The van der Waals surface area contributed by atoms with Gasteiger partial charge in [0.2, 0.25) is 0 Å². The van der Waals surface area contributed by atoms with Gasteiger partial charge in [-0.3, -0.25) is 0 Å². The molecule has 0 radical (unpaired) electrons. The summed E-state index contributed by atoms with van der Waals surface area (Å²) in [5, 5.41) is 0. The topological polar surface area (TPSA) is 148 Å². The fourth-order valence-corrected chi connectivity index (χ4v) is 13.3. The van der Waals surface area contributed by atoms with E-state index in [0.29, 0.717) is 0 Å². The molecule has 0 unspecified atom stereocenters. The van der Waals surface area contributed by atoms with Crippen molar-refractivity contribution in [1.82, 2.24) is 0 Å². The molecule has 3 heterocycles. The Hall–Kier alpha value is -8.60. The highest BCUT2D eigenvalue weighted by Gasteiger charge is 2.57.